The molecule has 41 heavy (non-hydrogen) atoms. The van der Waals surface area contributed by atoms with Crippen molar-refractivity contribution in [2.24, 2.45) is 0 Å². The smallest absolute Gasteiger partial charge is 0.295 e. The molecule has 11 nitrogen and oxygen atoms in total. The molecule has 1 N–H and O–H groups in total. The van der Waals surface area contributed by atoms with Crippen LogP contribution in [0.25, 0.3) is 5.76 Å². The number of carbonyl (C=O) groups is 2. The molecule has 3 aliphatic heterocycles. The summed E-state index contributed by atoms with van der Waals surface area (Å²) in [6.07, 6.45) is 0. The Bertz CT molecular complexity index is 1400. The van der Waals surface area contributed by atoms with E-state index < -0.39 is 33.5 Å². The Kier molecular flexibility index (Phi) is 9.05. The molecule has 5 rings (SSSR count). The van der Waals surface area contributed by atoms with Crippen LogP contribution in [0.3, 0.4) is 0 Å². The van der Waals surface area contributed by atoms with Crippen molar-refractivity contribution in [1.82, 2.24) is 14.1 Å². The number of aliphatic hydroxyl groups excluding tert-OH is 1. The average Bonchev–Trinajstić information content (AvgIpc) is 3.26. The summed E-state index contributed by atoms with van der Waals surface area (Å²) in [6.45, 7) is 6.88. The van der Waals surface area contributed by atoms with E-state index in [4.69, 9.17) is 14.2 Å². The Balaban J connectivity index is 1.52. The van der Waals surface area contributed by atoms with E-state index in [1.54, 1.807) is 24.3 Å². The fourth-order valence-corrected chi connectivity index (χ4v) is 6.79. The number of carbonyl (C=O) groups excluding carboxylic acids is 2. The highest BCUT2D eigenvalue weighted by molar-refractivity contribution is 7.89. The number of sulfonamides is 1. The summed E-state index contributed by atoms with van der Waals surface area (Å²) in [6, 6.07) is 12.1. The Labute approximate surface area is 239 Å². The summed E-state index contributed by atoms with van der Waals surface area (Å²) in [7, 11) is -3.85. The SMILES string of the molecule is CCOc1ccc(C2C(=C(O)c3cccc(S(=O)(=O)N4CCOCC4)c3)C(=O)C(=O)N2CCN2CCOCC2)cc1. The van der Waals surface area contributed by atoms with Crippen LogP contribution in [0, 0.1) is 0 Å². The Morgan fingerprint density at radius 3 is 2.27 bits per heavy atom. The number of ether oxygens (including phenoxy) is 3. The van der Waals surface area contributed by atoms with Gasteiger partial charge in [0.25, 0.3) is 11.7 Å². The number of morpholine rings is 2. The van der Waals surface area contributed by atoms with E-state index in [-0.39, 0.29) is 35.7 Å². The zero-order chi connectivity index (χ0) is 29.0. The highest BCUT2D eigenvalue weighted by atomic mass is 32.2. The van der Waals surface area contributed by atoms with E-state index in [2.05, 4.69) is 4.90 Å². The van der Waals surface area contributed by atoms with Crippen molar-refractivity contribution >= 4 is 27.5 Å². The maximum atomic E-state index is 13.5. The first kappa shape index (κ1) is 29.2. The Morgan fingerprint density at radius 2 is 1.61 bits per heavy atom. The van der Waals surface area contributed by atoms with E-state index in [1.807, 2.05) is 6.92 Å². The molecule has 0 saturated carbocycles. The number of hydrogen-bond donors (Lipinski definition) is 1. The second-order valence-electron chi connectivity index (χ2n) is 9.99. The van der Waals surface area contributed by atoms with Gasteiger partial charge in [-0.1, -0.05) is 24.3 Å². The maximum absolute atomic E-state index is 13.5. The predicted molar refractivity (Wildman–Crippen MR) is 150 cm³/mol. The molecule has 3 fully saturated rings. The van der Waals surface area contributed by atoms with Gasteiger partial charge in [-0.15, -0.1) is 0 Å². The third kappa shape index (κ3) is 6.16. The van der Waals surface area contributed by atoms with E-state index in [9.17, 15) is 23.1 Å². The lowest BCUT2D eigenvalue weighted by Gasteiger charge is -2.31. The molecule has 3 heterocycles. The van der Waals surface area contributed by atoms with E-state index in [0.717, 1.165) is 13.1 Å². The molecule has 3 saturated heterocycles. The molecule has 2 aromatic carbocycles. The van der Waals surface area contributed by atoms with Gasteiger partial charge in [0, 0.05) is 44.8 Å². The fourth-order valence-electron chi connectivity index (χ4n) is 5.34. The van der Waals surface area contributed by atoms with Crippen LogP contribution in [0.2, 0.25) is 0 Å². The maximum Gasteiger partial charge on any atom is 0.295 e. The second kappa shape index (κ2) is 12.7. The van der Waals surface area contributed by atoms with Gasteiger partial charge < -0.3 is 24.2 Å². The molecule has 220 valence electrons. The highest BCUT2D eigenvalue weighted by Crippen LogP contribution is 2.40. The number of likely N-dealkylation sites (tertiary alicyclic amines) is 1. The summed E-state index contributed by atoms with van der Waals surface area (Å²) in [5.41, 5.74) is 0.691. The molecule has 0 bridgehead atoms. The number of nitrogens with zero attached hydrogens (tertiary/aromatic N) is 3. The molecule has 2 aromatic rings. The van der Waals surface area contributed by atoms with Crippen LogP contribution in [0.15, 0.2) is 59.0 Å². The molecule has 0 spiro atoms. The third-order valence-electron chi connectivity index (χ3n) is 7.52. The minimum absolute atomic E-state index is 0.0115. The third-order valence-corrected chi connectivity index (χ3v) is 9.42. The number of rotatable bonds is 9. The minimum Gasteiger partial charge on any atom is -0.507 e. The van der Waals surface area contributed by atoms with Crippen LogP contribution in [-0.4, -0.2) is 112 Å². The summed E-state index contributed by atoms with van der Waals surface area (Å²) < 4.78 is 44.1. The number of aliphatic hydroxyl groups is 1. The Hall–Kier alpha value is -3.29. The lowest BCUT2D eigenvalue weighted by molar-refractivity contribution is -0.140. The van der Waals surface area contributed by atoms with Crippen molar-refractivity contribution in [1.29, 1.82) is 0 Å². The zero-order valence-corrected chi connectivity index (χ0v) is 23.8. The average molecular weight is 586 g/mol. The monoisotopic (exact) mass is 585 g/mol. The van der Waals surface area contributed by atoms with Gasteiger partial charge in [0.2, 0.25) is 10.0 Å². The summed E-state index contributed by atoms with van der Waals surface area (Å²) in [5.74, 6) is -1.31. The quantitative estimate of drug-likeness (QED) is 0.267. The largest absolute Gasteiger partial charge is 0.507 e. The van der Waals surface area contributed by atoms with Gasteiger partial charge in [0.15, 0.2) is 0 Å². The van der Waals surface area contributed by atoms with Crippen molar-refractivity contribution in [2.45, 2.75) is 17.9 Å². The van der Waals surface area contributed by atoms with Crippen LogP contribution in [-0.2, 0) is 29.1 Å². The lowest BCUT2D eigenvalue weighted by Crippen LogP contribution is -2.42. The van der Waals surface area contributed by atoms with Crippen molar-refractivity contribution in [3.05, 3.63) is 65.2 Å². The van der Waals surface area contributed by atoms with Gasteiger partial charge in [-0.05, 0) is 36.8 Å². The van der Waals surface area contributed by atoms with Crippen molar-refractivity contribution in [2.75, 3.05) is 72.3 Å². The lowest BCUT2D eigenvalue weighted by atomic mass is 9.95. The van der Waals surface area contributed by atoms with Crippen LogP contribution in [0.1, 0.15) is 24.1 Å². The van der Waals surface area contributed by atoms with Crippen molar-refractivity contribution in [3.63, 3.8) is 0 Å². The molecule has 1 atom stereocenters. The second-order valence-corrected chi connectivity index (χ2v) is 11.9. The molecule has 0 aromatic heterocycles. The number of Topliss-reactive ketones (excluding diaryl/α,β-unsaturated/α-hetero) is 1. The van der Waals surface area contributed by atoms with Gasteiger partial charge in [-0.2, -0.15) is 4.31 Å². The first-order valence-corrected chi connectivity index (χ1v) is 15.2. The molecule has 3 aliphatic rings. The van der Waals surface area contributed by atoms with Crippen LogP contribution in [0.5, 0.6) is 5.75 Å². The topological polar surface area (TPSA) is 126 Å². The van der Waals surface area contributed by atoms with Gasteiger partial charge in [0.05, 0.1) is 49.5 Å². The van der Waals surface area contributed by atoms with Gasteiger partial charge in [0.1, 0.15) is 11.5 Å². The molecule has 0 radical (unpaired) electrons. The van der Waals surface area contributed by atoms with Gasteiger partial charge >= 0.3 is 0 Å². The highest BCUT2D eigenvalue weighted by Gasteiger charge is 2.46. The molecule has 1 amide bonds. The molecular weight excluding hydrogens is 550 g/mol. The van der Waals surface area contributed by atoms with E-state index in [0.29, 0.717) is 50.9 Å². The predicted octanol–water partition coefficient (Wildman–Crippen LogP) is 1.86. The zero-order valence-electron chi connectivity index (χ0n) is 23.0. The van der Waals surface area contributed by atoms with Gasteiger partial charge in [-0.3, -0.25) is 14.5 Å². The summed E-state index contributed by atoms with van der Waals surface area (Å²) in [5, 5.41) is 11.5. The normalized spacial score (nSPS) is 22.3. The van der Waals surface area contributed by atoms with Gasteiger partial charge in [-0.25, -0.2) is 8.42 Å². The minimum atomic E-state index is -3.85. The molecule has 12 heteroatoms. The first-order chi connectivity index (χ1) is 19.8. The fraction of sp³-hybridized carbons (Fsp3) is 0.448. The van der Waals surface area contributed by atoms with Crippen LogP contribution in [0.4, 0.5) is 0 Å². The molecule has 1 unspecified atom stereocenters. The number of hydrogen-bond acceptors (Lipinski definition) is 9. The summed E-state index contributed by atoms with van der Waals surface area (Å²) in [4.78, 5) is 30.4. The summed E-state index contributed by atoms with van der Waals surface area (Å²) >= 11 is 0. The van der Waals surface area contributed by atoms with Crippen LogP contribution < -0.4 is 4.74 Å². The van der Waals surface area contributed by atoms with Crippen LogP contribution >= 0.6 is 0 Å². The van der Waals surface area contributed by atoms with E-state index >= 15 is 0 Å². The van der Waals surface area contributed by atoms with Crippen molar-refractivity contribution in [3.8, 4) is 5.75 Å². The first-order valence-electron chi connectivity index (χ1n) is 13.8. The number of benzene rings is 2. The molecular formula is C29H35N3O8S. The van der Waals surface area contributed by atoms with Crippen molar-refractivity contribution < 1.29 is 37.3 Å². The molecule has 0 aliphatic carbocycles. The van der Waals surface area contributed by atoms with E-state index in [1.165, 1.54) is 33.5 Å². The number of ketones is 1. The Morgan fingerprint density at radius 1 is 0.951 bits per heavy atom. The number of amides is 1. The standard InChI is InChI=1S/C29H35N3O8S/c1-2-40-23-8-6-21(7-9-23)26-25(28(34)29(35)32(26)11-10-30-12-16-38-17-13-30)27(33)22-4-3-5-24(20-22)41(36,37)31-14-18-39-19-15-31/h3-9,20,26,33H,2,10-19H2,1H3.